The van der Waals surface area contributed by atoms with Crippen LogP contribution in [-0.2, 0) is 9.59 Å². The summed E-state index contributed by atoms with van der Waals surface area (Å²) in [6.45, 7) is 8.16. The zero-order chi connectivity index (χ0) is 16.0. The molecule has 0 spiro atoms. The van der Waals surface area contributed by atoms with E-state index < -0.39 is 0 Å². The van der Waals surface area contributed by atoms with E-state index in [0.717, 1.165) is 12.0 Å². The van der Waals surface area contributed by atoms with Crippen LogP contribution in [0.4, 0.5) is 5.69 Å². The van der Waals surface area contributed by atoms with Gasteiger partial charge in [-0.25, -0.2) is 0 Å². The molecule has 0 aliphatic heterocycles. The fourth-order valence-corrected chi connectivity index (χ4v) is 2.01. The lowest BCUT2D eigenvalue weighted by atomic mass is 10.1. The predicted octanol–water partition coefficient (Wildman–Crippen LogP) is 3.16. The van der Waals surface area contributed by atoms with Crippen molar-refractivity contribution >= 4 is 29.1 Å². The molecule has 0 radical (unpaired) electrons. The van der Waals surface area contributed by atoms with Crippen molar-refractivity contribution in [3.63, 3.8) is 0 Å². The first-order valence-corrected chi connectivity index (χ1v) is 7.50. The Balaban J connectivity index is 2.71. The van der Waals surface area contributed by atoms with E-state index in [4.69, 9.17) is 11.6 Å². The van der Waals surface area contributed by atoms with Crippen LogP contribution in [0.25, 0.3) is 0 Å². The van der Waals surface area contributed by atoms with E-state index in [-0.39, 0.29) is 18.4 Å². The minimum absolute atomic E-state index is 0.00676. The van der Waals surface area contributed by atoms with E-state index in [0.29, 0.717) is 23.2 Å². The Morgan fingerprint density at radius 2 is 2.00 bits per heavy atom. The van der Waals surface area contributed by atoms with Gasteiger partial charge in [-0.1, -0.05) is 31.5 Å². The predicted molar refractivity (Wildman–Crippen MR) is 86.7 cm³/mol. The average Bonchev–Trinajstić information content (AvgIpc) is 2.38. The maximum Gasteiger partial charge on any atom is 0.240 e. The standard InChI is InChI=1S/C16H23ClN2O2/c1-11(2)7-8-18-16(21)10-19(13(4)20)14-6-5-12(3)15(17)9-14/h5-6,9,11H,7-8,10H2,1-4H3,(H,18,21). The highest BCUT2D eigenvalue weighted by molar-refractivity contribution is 6.31. The second-order valence-corrected chi connectivity index (χ2v) is 5.98. The molecule has 0 fully saturated rings. The normalized spacial score (nSPS) is 10.6. The van der Waals surface area contributed by atoms with Crippen LogP contribution in [-0.4, -0.2) is 24.9 Å². The third kappa shape index (κ3) is 5.76. The van der Waals surface area contributed by atoms with Crippen LogP contribution in [0.2, 0.25) is 5.02 Å². The van der Waals surface area contributed by atoms with Gasteiger partial charge in [0.05, 0.1) is 0 Å². The first kappa shape index (κ1) is 17.5. The van der Waals surface area contributed by atoms with Crippen LogP contribution in [0.3, 0.4) is 0 Å². The number of halogens is 1. The Morgan fingerprint density at radius 1 is 1.33 bits per heavy atom. The number of rotatable bonds is 6. The number of benzene rings is 1. The number of nitrogens with zero attached hydrogens (tertiary/aromatic N) is 1. The van der Waals surface area contributed by atoms with Crippen molar-refractivity contribution in [1.29, 1.82) is 0 Å². The van der Waals surface area contributed by atoms with Crippen molar-refractivity contribution in [1.82, 2.24) is 5.32 Å². The van der Waals surface area contributed by atoms with Gasteiger partial charge in [0.2, 0.25) is 11.8 Å². The molecular formula is C16H23ClN2O2. The fraction of sp³-hybridized carbons (Fsp3) is 0.500. The molecule has 0 heterocycles. The number of carbonyl (C=O) groups is 2. The number of aryl methyl sites for hydroxylation is 1. The Labute approximate surface area is 131 Å². The average molecular weight is 311 g/mol. The van der Waals surface area contributed by atoms with Gasteiger partial charge in [0.1, 0.15) is 6.54 Å². The van der Waals surface area contributed by atoms with E-state index in [2.05, 4.69) is 19.2 Å². The molecule has 0 saturated carbocycles. The van der Waals surface area contributed by atoms with Gasteiger partial charge in [-0.05, 0) is 37.0 Å². The lowest BCUT2D eigenvalue weighted by Gasteiger charge is -2.21. The van der Waals surface area contributed by atoms with Gasteiger partial charge in [0.15, 0.2) is 0 Å². The van der Waals surface area contributed by atoms with Crippen LogP contribution in [0.5, 0.6) is 0 Å². The quantitative estimate of drug-likeness (QED) is 0.877. The van der Waals surface area contributed by atoms with Gasteiger partial charge in [-0.15, -0.1) is 0 Å². The van der Waals surface area contributed by atoms with Gasteiger partial charge in [0.25, 0.3) is 0 Å². The summed E-state index contributed by atoms with van der Waals surface area (Å²) in [5.74, 6) is 0.182. The monoisotopic (exact) mass is 310 g/mol. The minimum atomic E-state index is -0.186. The van der Waals surface area contributed by atoms with Crippen molar-refractivity contribution in [2.45, 2.75) is 34.1 Å². The molecule has 2 amide bonds. The fourth-order valence-electron chi connectivity index (χ4n) is 1.83. The smallest absolute Gasteiger partial charge is 0.240 e. The number of carbonyl (C=O) groups excluding carboxylic acids is 2. The molecule has 0 unspecified atom stereocenters. The van der Waals surface area contributed by atoms with E-state index in [1.165, 1.54) is 11.8 Å². The van der Waals surface area contributed by atoms with E-state index in [9.17, 15) is 9.59 Å². The van der Waals surface area contributed by atoms with Crippen LogP contribution in [0.1, 0.15) is 32.8 Å². The number of amides is 2. The number of nitrogens with one attached hydrogen (secondary N) is 1. The lowest BCUT2D eigenvalue weighted by Crippen LogP contribution is -2.40. The van der Waals surface area contributed by atoms with Crippen molar-refractivity contribution in [3.8, 4) is 0 Å². The molecule has 1 N–H and O–H groups in total. The maximum atomic E-state index is 11.9. The first-order chi connectivity index (χ1) is 9.81. The van der Waals surface area contributed by atoms with Crippen LogP contribution < -0.4 is 10.2 Å². The molecule has 116 valence electrons. The molecule has 1 aromatic carbocycles. The van der Waals surface area contributed by atoms with E-state index in [1.807, 2.05) is 13.0 Å². The van der Waals surface area contributed by atoms with E-state index in [1.54, 1.807) is 12.1 Å². The van der Waals surface area contributed by atoms with Gasteiger partial charge in [0, 0.05) is 24.2 Å². The van der Waals surface area contributed by atoms with Gasteiger partial charge in [-0.3, -0.25) is 9.59 Å². The molecule has 1 aromatic rings. The summed E-state index contributed by atoms with van der Waals surface area (Å²) in [5.41, 5.74) is 1.57. The van der Waals surface area contributed by atoms with Crippen molar-refractivity contribution in [3.05, 3.63) is 28.8 Å². The van der Waals surface area contributed by atoms with Crippen LogP contribution in [0, 0.1) is 12.8 Å². The zero-order valence-electron chi connectivity index (χ0n) is 13.1. The van der Waals surface area contributed by atoms with Gasteiger partial charge < -0.3 is 10.2 Å². The van der Waals surface area contributed by atoms with Crippen molar-refractivity contribution in [2.75, 3.05) is 18.0 Å². The molecule has 0 atom stereocenters. The van der Waals surface area contributed by atoms with Crippen molar-refractivity contribution in [2.24, 2.45) is 5.92 Å². The Morgan fingerprint density at radius 3 is 2.52 bits per heavy atom. The molecule has 5 heteroatoms. The summed E-state index contributed by atoms with van der Waals surface area (Å²) in [7, 11) is 0. The SMILES string of the molecule is CC(=O)N(CC(=O)NCCC(C)C)c1ccc(C)c(Cl)c1. The zero-order valence-corrected chi connectivity index (χ0v) is 13.8. The van der Waals surface area contributed by atoms with E-state index >= 15 is 0 Å². The Kier molecular flexibility index (Phi) is 6.69. The molecule has 21 heavy (non-hydrogen) atoms. The highest BCUT2D eigenvalue weighted by Crippen LogP contribution is 2.23. The summed E-state index contributed by atoms with van der Waals surface area (Å²) in [6, 6.07) is 5.34. The molecule has 1 rings (SSSR count). The third-order valence-electron chi connectivity index (χ3n) is 3.19. The second kappa shape index (κ2) is 8.03. The number of anilines is 1. The van der Waals surface area contributed by atoms with Gasteiger partial charge in [-0.2, -0.15) is 0 Å². The third-order valence-corrected chi connectivity index (χ3v) is 3.60. The highest BCUT2D eigenvalue weighted by Gasteiger charge is 2.16. The number of hydrogen-bond donors (Lipinski definition) is 1. The minimum Gasteiger partial charge on any atom is -0.355 e. The molecular weight excluding hydrogens is 288 g/mol. The highest BCUT2D eigenvalue weighted by atomic mass is 35.5. The topological polar surface area (TPSA) is 49.4 Å². The van der Waals surface area contributed by atoms with Gasteiger partial charge >= 0.3 is 0 Å². The molecule has 0 aromatic heterocycles. The number of hydrogen-bond acceptors (Lipinski definition) is 2. The molecule has 0 aliphatic carbocycles. The summed E-state index contributed by atoms with van der Waals surface area (Å²) < 4.78 is 0. The Bertz CT molecular complexity index is 515. The summed E-state index contributed by atoms with van der Waals surface area (Å²) >= 11 is 6.08. The second-order valence-electron chi connectivity index (χ2n) is 5.57. The Hall–Kier alpha value is -1.55. The first-order valence-electron chi connectivity index (χ1n) is 7.12. The molecule has 0 aliphatic rings. The molecule has 0 saturated heterocycles. The van der Waals surface area contributed by atoms with Crippen molar-refractivity contribution < 1.29 is 9.59 Å². The maximum absolute atomic E-state index is 11.9. The summed E-state index contributed by atoms with van der Waals surface area (Å²) in [5, 5.41) is 3.41. The van der Waals surface area contributed by atoms with Crippen LogP contribution >= 0.6 is 11.6 Å². The lowest BCUT2D eigenvalue weighted by molar-refractivity contribution is -0.123. The molecule has 0 bridgehead atoms. The summed E-state index contributed by atoms with van der Waals surface area (Å²) in [6.07, 6.45) is 0.919. The largest absolute Gasteiger partial charge is 0.355 e. The van der Waals surface area contributed by atoms with Crippen LogP contribution in [0.15, 0.2) is 18.2 Å². The molecule has 4 nitrogen and oxygen atoms in total. The summed E-state index contributed by atoms with van der Waals surface area (Å²) in [4.78, 5) is 25.1.